The lowest BCUT2D eigenvalue weighted by Gasteiger charge is -2.31. The van der Waals surface area contributed by atoms with Gasteiger partial charge in [0.05, 0.1) is 26.1 Å². The number of esters is 2. The van der Waals surface area contributed by atoms with Crippen LogP contribution in [0.5, 0.6) is 0 Å². The summed E-state index contributed by atoms with van der Waals surface area (Å²) >= 11 is 0. The van der Waals surface area contributed by atoms with E-state index in [1.165, 1.54) is 0 Å². The van der Waals surface area contributed by atoms with Gasteiger partial charge in [-0.2, -0.15) is 0 Å². The molecule has 0 aromatic heterocycles. The zero-order chi connectivity index (χ0) is 20.0. The van der Waals surface area contributed by atoms with Gasteiger partial charge in [0.25, 0.3) is 0 Å². The van der Waals surface area contributed by atoms with Gasteiger partial charge in [0.2, 0.25) is 0 Å². The van der Waals surface area contributed by atoms with Crippen molar-refractivity contribution in [3.05, 3.63) is 0 Å². The lowest BCUT2D eigenvalue weighted by Crippen LogP contribution is -2.45. The van der Waals surface area contributed by atoms with Gasteiger partial charge in [0.1, 0.15) is 13.2 Å². The van der Waals surface area contributed by atoms with Crippen molar-refractivity contribution < 1.29 is 23.8 Å². The molecule has 28 heavy (non-hydrogen) atoms. The maximum Gasteiger partial charge on any atom is 0.307 e. The van der Waals surface area contributed by atoms with Crippen molar-refractivity contribution in [3.8, 4) is 0 Å². The first-order valence-corrected chi connectivity index (χ1v) is 10.4. The zero-order valence-corrected chi connectivity index (χ0v) is 17.2. The fourth-order valence-corrected chi connectivity index (χ4v) is 3.18. The molecule has 2 saturated heterocycles. The molecule has 0 aromatic rings. The number of likely N-dealkylation sites (N-methyl/N-ethyl adjacent to an activating group) is 1. The number of hydrogen-bond acceptors (Lipinski definition) is 9. The molecule has 2 fully saturated rings. The molecule has 9 heteroatoms. The number of nitrogens with one attached hydrogen (secondary N) is 1. The first-order valence-electron chi connectivity index (χ1n) is 10.4. The van der Waals surface area contributed by atoms with Gasteiger partial charge in [-0.15, -0.1) is 0 Å². The molecule has 0 radical (unpaired) electrons. The van der Waals surface area contributed by atoms with Crippen LogP contribution in [0, 0.1) is 0 Å². The number of carbonyl (C=O) groups excluding carboxylic acids is 2. The molecule has 162 valence electrons. The fraction of sp³-hybridized carbons (Fsp3) is 0.895. The molecule has 0 unspecified atom stereocenters. The van der Waals surface area contributed by atoms with Gasteiger partial charge in [-0.05, 0) is 7.05 Å². The highest BCUT2D eigenvalue weighted by Crippen LogP contribution is 2.01. The summed E-state index contributed by atoms with van der Waals surface area (Å²) < 4.78 is 15.7. The van der Waals surface area contributed by atoms with Crippen LogP contribution >= 0.6 is 0 Å². The predicted octanol–water partition coefficient (Wildman–Crippen LogP) is -0.978. The van der Waals surface area contributed by atoms with Crippen LogP contribution in [0.25, 0.3) is 0 Å². The number of ether oxygens (including phenoxy) is 3. The minimum absolute atomic E-state index is 0.193. The van der Waals surface area contributed by atoms with Crippen LogP contribution in [-0.2, 0) is 23.8 Å². The Kier molecular flexibility index (Phi) is 11.4. The van der Waals surface area contributed by atoms with Crippen LogP contribution in [0.3, 0.4) is 0 Å². The van der Waals surface area contributed by atoms with Gasteiger partial charge in [-0.3, -0.25) is 9.59 Å². The molecular weight excluding hydrogens is 364 g/mol. The Bertz CT molecular complexity index is 452. The van der Waals surface area contributed by atoms with Gasteiger partial charge >= 0.3 is 11.9 Å². The molecule has 0 saturated carbocycles. The van der Waals surface area contributed by atoms with Crippen LogP contribution in [0.4, 0.5) is 0 Å². The number of carbonyl (C=O) groups is 2. The van der Waals surface area contributed by atoms with Crippen molar-refractivity contribution in [1.29, 1.82) is 0 Å². The maximum atomic E-state index is 11.7. The smallest absolute Gasteiger partial charge is 0.307 e. The highest BCUT2D eigenvalue weighted by molar-refractivity contribution is 5.69. The van der Waals surface area contributed by atoms with E-state index in [1.807, 2.05) is 0 Å². The van der Waals surface area contributed by atoms with Crippen LogP contribution < -0.4 is 5.32 Å². The van der Waals surface area contributed by atoms with E-state index in [1.54, 1.807) is 0 Å². The Labute approximate surface area is 168 Å². The normalized spacial score (nSPS) is 19.5. The molecule has 0 bridgehead atoms. The Hall–Kier alpha value is -1.26. The summed E-state index contributed by atoms with van der Waals surface area (Å²) in [6.07, 6.45) is 0.819. The maximum absolute atomic E-state index is 11.7. The van der Waals surface area contributed by atoms with Crippen molar-refractivity contribution in [3.63, 3.8) is 0 Å². The van der Waals surface area contributed by atoms with E-state index < -0.39 is 0 Å². The second kappa shape index (κ2) is 13.8. The second-order valence-electron chi connectivity index (χ2n) is 7.29. The zero-order valence-electron chi connectivity index (χ0n) is 17.2. The summed E-state index contributed by atoms with van der Waals surface area (Å²) in [6, 6.07) is 0. The minimum Gasteiger partial charge on any atom is -0.463 e. The number of piperazine rings is 2. The van der Waals surface area contributed by atoms with Crippen molar-refractivity contribution in [1.82, 2.24) is 20.0 Å². The van der Waals surface area contributed by atoms with Crippen LogP contribution in [0.1, 0.15) is 12.8 Å². The Morgan fingerprint density at radius 2 is 1.25 bits per heavy atom. The summed E-state index contributed by atoms with van der Waals surface area (Å²) in [5.41, 5.74) is 0. The summed E-state index contributed by atoms with van der Waals surface area (Å²) in [7, 11) is 2.11. The Morgan fingerprint density at radius 1 is 0.750 bits per heavy atom. The summed E-state index contributed by atoms with van der Waals surface area (Å²) in [5, 5.41) is 3.28. The summed E-state index contributed by atoms with van der Waals surface area (Å²) in [5.74, 6) is -0.390. The largest absolute Gasteiger partial charge is 0.463 e. The van der Waals surface area contributed by atoms with Crippen LogP contribution in [0.2, 0.25) is 0 Å². The molecule has 2 aliphatic rings. The molecule has 9 nitrogen and oxygen atoms in total. The van der Waals surface area contributed by atoms with Crippen molar-refractivity contribution in [2.45, 2.75) is 12.8 Å². The summed E-state index contributed by atoms with van der Waals surface area (Å²) in [6.45, 7) is 10.6. The average Bonchev–Trinajstić information content (AvgIpc) is 2.72. The number of rotatable bonds is 12. The third-order valence-electron chi connectivity index (χ3n) is 5.05. The van der Waals surface area contributed by atoms with Gasteiger partial charge in [0.15, 0.2) is 0 Å². The van der Waals surface area contributed by atoms with Crippen LogP contribution in [0.15, 0.2) is 0 Å². The molecule has 2 aliphatic heterocycles. The molecule has 2 rings (SSSR count). The molecule has 0 spiro atoms. The monoisotopic (exact) mass is 400 g/mol. The quantitative estimate of drug-likeness (QED) is 0.328. The second-order valence-corrected chi connectivity index (χ2v) is 7.29. The first-order chi connectivity index (χ1) is 13.6. The predicted molar refractivity (Wildman–Crippen MR) is 105 cm³/mol. The van der Waals surface area contributed by atoms with E-state index in [-0.39, 0.29) is 25.2 Å². The number of hydrogen-bond donors (Lipinski definition) is 1. The van der Waals surface area contributed by atoms with Crippen LogP contribution in [-0.4, -0.2) is 126 Å². The van der Waals surface area contributed by atoms with Gasteiger partial charge in [0, 0.05) is 65.4 Å². The third-order valence-corrected chi connectivity index (χ3v) is 5.05. The van der Waals surface area contributed by atoms with E-state index in [0.29, 0.717) is 26.1 Å². The van der Waals surface area contributed by atoms with Gasteiger partial charge < -0.3 is 34.2 Å². The SMILES string of the molecule is CN1CCN(CCC(=O)OCCOCCOC(=O)CCN2CCNCC2)CC1. The Morgan fingerprint density at radius 3 is 1.79 bits per heavy atom. The third kappa shape index (κ3) is 10.3. The lowest BCUT2D eigenvalue weighted by atomic mass is 10.3. The van der Waals surface area contributed by atoms with Crippen molar-refractivity contribution in [2.75, 3.05) is 98.9 Å². The van der Waals surface area contributed by atoms with E-state index in [2.05, 4.69) is 27.1 Å². The molecule has 0 aliphatic carbocycles. The molecule has 0 atom stereocenters. The standard InChI is InChI=1S/C19H36N4O5/c1-21-10-12-23(13-11-21)7-3-19(25)28-17-15-26-14-16-27-18(24)2-6-22-8-4-20-5-9-22/h20H,2-17H2,1H3. The van der Waals surface area contributed by atoms with E-state index >= 15 is 0 Å². The molecule has 0 aromatic carbocycles. The van der Waals surface area contributed by atoms with Crippen molar-refractivity contribution >= 4 is 11.9 Å². The molecule has 1 N–H and O–H groups in total. The first kappa shape index (κ1) is 23.0. The molecular formula is C19H36N4O5. The topological polar surface area (TPSA) is 83.6 Å². The van der Waals surface area contributed by atoms with E-state index in [0.717, 1.165) is 65.4 Å². The summed E-state index contributed by atoms with van der Waals surface area (Å²) in [4.78, 5) is 30.3. The molecule has 2 heterocycles. The highest BCUT2D eigenvalue weighted by Gasteiger charge is 2.15. The Balaban J connectivity index is 1.35. The number of nitrogens with zero attached hydrogens (tertiary/aromatic N) is 3. The molecule has 0 amide bonds. The highest BCUT2D eigenvalue weighted by atomic mass is 16.6. The van der Waals surface area contributed by atoms with E-state index in [4.69, 9.17) is 14.2 Å². The van der Waals surface area contributed by atoms with Crippen molar-refractivity contribution in [2.24, 2.45) is 0 Å². The fourth-order valence-electron chi connectivity index (χ4n) is 3.18. The van der Waals surface area contributed by atoms with Gasteiger partial charge in [-0.25, -0.2) is 0 Å². The lowest BCUT2D eigenvalue weighted by molar-refractivity contribution is -0.147. The minimum atomic E-state index is -0.197. The average molecular weight is 401 g/mol. The van der Waals surface area contributed by atoms with E-state index in [9.17, 15) is 9.59 Å². The van der Waals surface area contributed by atoms with Gasteiger partial charge in [-0.1, -0.05) is 0 Å².